The zero-order valence-corrected chi connectivity index (χ0v) is 9.85. The van der Waals surface area contributed by atoms with Crippen LogP contribution in [0.3, 0.4) is 0 Å². The molecule has 0 aliphatic heterocycles. The highest BCUT2D eigenvalue weighted by Crippen LogP contribution is 2.33. The molecule has 94 valence electrons. The maximum Gasteiger partial charge on any atom is 0.271 e. The van der Waals surface area contributed by atoms with E-state index in [0.717, 1.165) is 6.07 Å². The van der Waals surface area contributed by atoms with Crippen LogP contribution in [0.2, 0.25) is 5.02 Å². The number of amides is 1. The molecule has 1 aromatic carbocycles. The number of rotatable bonds is 2. The number of carbonyl (C=O) groups excluding carboxylic acids is 1. The Labute approximate surface area is 105 Å². The Morgan fingerprint density at radius 3 is 2.72 bits per heavy atom. The van der Waals surface area contributed by atoms with Gasteiger partial charge in [-0.05, 0) is 13.0 Å². The molecule has 1 aromatic heterocycles. The lowest BCUT2D eigenvalue weighted by Gasteiger charge is -2.07. The first-order valence-electron chi connectivity index (χ1n) is 4.78. The standard InChI is InChI=1S/C10H7ClF2N4O/c1-3-5(12)2-4(11)6(7(3)13)8-9(10(14)18)16-17-15-8/h2H,1H3,(H2,14,18)(H,15,16,17). The lowest BCUT2D eigenvalue weighted by molar-refractivity contribution is 0.0996. The number of halogens is 3. The van der Waals surface area contributed by atoms with Gasteiger partial charge in [0, 0.05) is 5.56 Å². The van der Waals surface area contributed by atoms with Crippen LogP contribution in [-0.2, 0) is 0 Å². The Morgan fingerprint density at radius 2 is 2.11 bits per heavy atom. The van der Waals surface area contributed by atoms with E-state index in [1.165, 1.54) is 6.92 Å². The van der Waals surface area contributed by atoms with Crippen LogP contribution in [0.25, 0.3) is 11.3 Å². The van der Waals surface area contributed by atoms with Crippen molar-refractivity contribution in [2.75, 3.05) is 0 Å². The average molecular weight is 273 g/mol. The van der Waals surface area contributed by atoms with E-state index in [-0.39, 0.29) is 27.5 Å². The van der Waals surface area contributed by atoms with Crippen molar-refractivity contribution in [2.24, 2.45) is 5.73 Å². The molecule has 0 atom stereocenters. The second kappa shape index (κ2) is 4.34. The molecule has 18 heavy (non-hydrogen) atoms. The molecule has 1 amide bonds. The first-order chi connectivity index (χ1) is 8.43. The third kappa shape index (κ3) is 1.82. The smallest absolute Gasteiger partial charge is 0.271 e. The van der Waals surface area contributed by atoms with Crippen LogP contribution in [0.15, 0.2) is 6.07 Å². The van der Waals surface area contributed by atoms with Gasteiger partial charge in [-0.2, -0.15) is 15.4 Å². The van der Waals surface area contributed by atoms with Gasteiger partial charge in [0.05, 0.1) is 10.6 Å². The molecule has 3 N–H and O–H groups in total. The van der Waals surface area contributed by atoms with Gasteiger partial charge in [0.2, 0.25) is 0 Å². The summed E-state index contributed by atoms with van der Waals surface area (Å²) in [4.78, 5) is 11.1. The van der Waals surface area contributed by atoms with Gasteiger partial charge in [0.25, 0.3) is 5.91 Å². The quantitative estimate of drug-likeness (QED) is 0.874. The third-order valence-corrected chi connectivity index (χ3v) is 2.72. The van der Waals surface area contributed by atoms with Crippen molar-refractivity contribution in [3.05, 3.63) is 34.0 Å². The molecule has 0 unspecified atom stereocenters. The fraction of sp³-hybridized carbons (Fsp3) is 0.100. The molecular formula is C10H7ClF2N4O. The summed E-state index contributed by atoms with van der Waals surface area (Å²) in [5, 5.41) is 9.04. The molecule has 0 spiro atoms. The Morgan fingerprint density at radius 1 is 1.44 bits per heavy atom. The van der Waals surface area contributed by atoms with Gasteiger partial charge in [0.15, 0.2) is 5.69 Å². The van der Waals surface area contributed by atoms with Gasteiger partial charge in [0.1, 0.15) is 17.3 Å². The predicted octanol–water partition coefficient (Wildman–Crippen LogP) is 1.81. The predicted molar refractivity (Wildman–Crippen MR) is 60.0 cm³/mol. The molecule has 0 bridgehead atoms. The summed E-state index contributed by atoms with van der Waals surface area (Å²) >= 11 is 5.76. The van der Waals surface area contributed by atoms with Gasteiger partial charge in [-0.25, -0.2) is 8.78 Å². The number of primary amides is 1. The third-order valence-electron chi connectivity index (χ3n) is 2.42. The minimum Gasteiger partial charge on any atom is -0.364 e. The van der Waals surface area contributed by atoms with Crippen molar-refractivity contribution in [3.8, 4) is 11.3 Å². The monoisotopic (exact) mass is 272 g/mol. The molecule has 0 aliphatic rings. The van der Waals surface area contributed by atoms with Crippen molar-refractivity contribution < 1.29 is 13.6 Å². The molecule has 2 rings (SSSR count). The van der Waals surface area contributed by atoms with Gasteiger partial charge < -0.3 is 5.73 Å². The van der Waals surface area contributed by atoms with Crippen molar-refractivity contribution in [1.29, 1.82) is 0 Å². The van der Waals surface area contributed by atoms with E-state index >= 15 is 0 Å². The normalized spacial score (nSPS) is 10.7. The fourth-order valence-corrected chi connectivity index (χ4v) is 1.75. The van der Waals surface area contributed by atoms with E-state index in [4.69, 9.17) is 17.3 Å². The summed E-state index contributed by atoms with van der Waals surface area (Å²) in [5.74, 6) is -2.59. The molecule has 0 radical (unpaired) electrons. The maximum absolute atomic E-state index is 14.0. The Bertz CT molecular complexity index is 641. The maximum atomic E-state index is 14.0. The zero-order chi connectivity index (χ0) is 13.4. The Kier molecular flexibility index (Phi) is 3.00. The van der Waals surface area contributed by atoms with E-state index in [9.17, 15) is 13.6 Å². The number of hydrogen-bond acceptors (Lipinski definition) is 3. The van der Waals surface area contributed by atoms with E-state index in [1.807, 2.05) is 0 Å². The van der Waals surface area contributed by atoms with Crippen LogP contribution in [0.4, 0.5) is 8.78 Å². The van der Waals surface area contributed by atoms with Crippen molar-refractivity contribution in [1.82, 2.24) is 15.4 Å². The molecule has 0 saturated heterocycles. The first-order valence-corrected chi connectivity index (χ1v) is 5.16. The number of hydrogen-bond donors (Lipinski definition) is 2. The summed E-state index contributed by atoms with van der Waals surface area (Å²) in [7, 11) is 0. The topological polar surface area (TPSA) is 84.7 Å². The molecule has 0 aliphatic carbocycles. The minimum absolute atomic E-state index is 0.145. The molecule has 8 heteroatoms. The zero-order valence-electron chi connectivity index (χ0n) is 9.09. The van der Waals surface area contributed by atoms with E-state index < -0.39 is 17.5 Å². The van der Waals surface area contributed by atoms with Crippen LogP contribution < -0.4 is 5.73 Å². The molecule has 2 aromatic rings. The fourth-order valence-electron chi connectivity index (χ4n) is 1.48. The van der Waals surface area contributed by atoms with Gasteiger partial charge in [-0.3, -0.25) is 4.79 Å². The summed E-state index contributed by atoms with van der Waals surface area (Å²) in [6.07, 6.45) is 0. The number of nitrogens with two attached hydrogens (primary N) is 1. The van der Waals surface area contributed by atoms with Gasteiger partial charge in [-0.1, -0.05) is 11.6 Å². The summed E-state index contributed by atoms with van der Waals surface area (Å²) in [5.41, 5.74) is 4.22. The second-order valence-corrected chi connectivity index (χ2v) is 3.95. The van der Waals surface area contributed by atoms with E-state index in [0.29, 0.717) is 0 Å². The largest absolute Gasteiger partial charge is 0.364 e. The first kappa shape index (κ1) is 12.4. The number of benzene rings is 1. The van der Waals surface area contributed by atoms with Crippen molar-refractivity contribution in [2.45, 2.75) is 6.92 Å². The number of carbonyl (C=O) groups is 1. The summed E-state index contributed by atoms with van der Waals surface area (Å²) < 4.78 is 27.2. The van der Waals surface area contributed by atoms with Crippen molar-refractivity contribution in [3.63, 3.8) is 0 Å². The summed E-state index contributed by atoms with van der Waals surface area (Å²) in [6, 6.07) is 0.939. The molecular weight excluding hydrogens is 266 g/mol. The van der Waals surface area contributed by atoms with E-state index in [2.05, 4.69) is 15.4 Å². The van der Waals surface area contributed by atoms with Crippen LogP contribution >= 0.6 is 11.6 Å². The highest BCUT2D eigenvalue weighted by molar-refractivity contribution is 6.33. The SMILES string of the molecule is Cc1c(F)cc(Cl)c(-c2n[nH]nc2C(N)=O)c1F. The van der Waals surface area contributed by atoms with Gasteiger partial charge in [-0.15, -0.1) is 0 Å². The van der Waals surface area contributed by atoms with Crippen LogP contribution in [-0.4, -0.2) is 21.3 Å². The second-order valence-electron chi connectivity index (χ2n) is 3.54. The summed E-state index contributed by atoms with van der Waals surface area (Å²) in [6.45, 7) is 1.24. The number of nitrogens with zero attached hydrogens (tertiary/aromatic N) is 2. The minimum atomic E-state index is -0.906. The average Bonchev–Trinajstić information content (AvgIpc) is 2.75. The Hall–Kier alpha value is -2.02. The lowest BCUT2D eigenvalue weighted by atomic mass is 10.1. The molecule has 1 heterocycles. The van der Waals surface area contributed by atoms with Crippen LogP contribution in [0.1, 0.15) is 16.1 Å². The Balaban J connectivity index is 2.75. The lowest BCUT2D eigenvalue weighted by Crippen LogP contribution is -2.13. The molecule has 0 saturated carbocycles. The molecule has 0 fully saturated rings. The molecule has 5 nitrogen and oxygen atoms in total. The highest BCUT2D eigenvalue weighted by Gasteiger charge is 2.23. The number of aromatic amines is 1. The van der Waals surface area contributed by atoms with Crippen LogP contribution in [0, 0.1) is 18.6 Å². The van der Waals surface area contributed by atoms with Crippen LogP contribution in [0.5, 0.6) is 0 Å². The van der Waals surface area contributed by atoms with Gasteiger partial charge >= 0.3 is 0 Å². The number of aromatic nitrogens is 3. The highest BCUT2D eigenvalue weighted by atomic mass is 35.5. The number of nitrogens with one attached hydrogen (secondary N) is 1. The van der Waals surface area contributed by atoms with Crippen molar-refractivity contribution >= 4 is 17.5 Å². The number of H-pyrrole nitrogens is 1. The van der Waals surface area contributed by atoms with E-state index in [1.54, 1.807) is 0 Å².